The molecule has 0 fully saturated rings. The van der Waals surface area contributed by atoms with E-state index in [0.29, 0.717) is 34.1 Å². The molecule has 8 heteroatoms. The number of hydrogen-bond donors (Lipinski definition) is 0. The lowest BCUT2D eigenvalue weighted by Gasteiger charge is -2.16. The molecule has 0 N–H and O–H groups in total. The minimum atomic E-state index is -0.182. The molecule has 0 aliphatic heterocycles. The van der Waals surface area contributed by atoms with E-state index in [1.54, 1.807) is 26.4 Å². The highest BCUT2D eigenvalue weighted by Gasteiger charge is 2.22. The van der Waals surface area contributed by atoms with Gasteiger partial charge in [0.05, 0.1) is 0 Å². The third-order valence-corrected chi connectivity index (χ3v) is 6.30. The van der Waals surface area contributed by atoms with Crippen molar-refractivity contribution in [2.45, 2.75) is 40.7 Å². The number of pyridine rings is 1. The Morgan fingerprint density at radius 1 is 1.08 bits per heavy atom. The zero-order valence-electron chi connectivity index (χ0n) is 22.0. The first kappa shape index (κ1) is 26.4. The van der Waals surface area contributed by atoms with Crippen LogP contribution in [-0.4, -0.2) is 45.6 Å². The minimum Gasteiger partial charge on any atom is -0.487 e. The summed E-state index contributed by atoms with van der Waals surface area (Å²) in [7, 11) is 3.44. The minimum absolute atomic E-state index is 0.0908. The highest BCUT2D eigenvalue weighted by Crippen LogP contribution is 2.36. The van der Waals surface area contributed by atoms with Crippen LogP contribution in [0.15, 0.2) is 54.7 Å². The number of benzene rings is 2. The first-order valence-corrected chi connectivity index (χ1v) is 12.4. The molecule has 0 unspecified atom stereocenters. The molecule has 192 valence electrons. The van der Waals surface area contributed by atoms with Crippen molar-refractivity contribution in [3.8, 4) is 16.9 Å². The van der Waals surface area contributed by atoms with Crippen molar-refractivity contribution in [1.82, 2.24) is 19.7 Å². The van der Waals surface area contributed by atoms with Crippen molar-refractivity contribution in [2.75, 3.05) is 14.1 Å². The summed E-state index contributed by atoms with van der Waals surface area (Å²) in [5.74, 6) is 0.392. The van der Waals surface area contributed by atoms with Gasteiger partial charge in [-0.05, 0) is 59.9 Å². The van der Waals surface area contributed by atoms with E-state index in [2.05, 4.69) is 10.1 Å². The van der Waals surface area contributed by atoms with Gasteiger partial charge in [-0.25, -0.2) is 4.98 Å². The Morgan fingerprint density at radius 3 is 2.54 bits per heavy atom. The van der Waals surface area contributed by atoms with Crippen LogP contribution in [0.3, 0.4) is 0 Å². The molecular weight excluding hydrogens is 488 g/mol. The van der Waals surface area contributed by atoms with E-state index in [4.69, 9.17) is 16.3 Å². The lowest BCUT2D eigenvalue weighted by atomic mass is 9.92. The van der Waals surface area contributed by atoms with Gasteiger partial charge in [0.1, 0.15) is 18.1 Å². The second kappa shape index (κ2) is 10.3. The average molecular weight is 519 g/mol. The number of carbonyl (C=O) groups is 2. The SMILES string of the molecule is Cc1cc(OCc2nn(C(=O)CC(C)(C)C)c3ncccc23)c(-c2cccc(C(=O)N(C)C)c2)cc1Cl. The molecule has 2 aromatic carbocycles. The van der Waals surface area contributed by atoms with E-state index in [1.807, 2.05) is 70.2 Å². The summed E-state index contributed by atoms with van der Waals surface area (Å²) >= 11 is 6.48. The largest absolute Gasteiger partial charge is 0.487 e. The molecule has 0 bridgehead atoms. The summed E-state index contributed by atoms with van der Waals surface area (Å²) in [5, 5.41) is 5.95. The van der Waals surface area contributed by atoms with E-state index in [1.165, 1.54) is 9.58 Å². The summed E-state index contributed by atoms with van der Waals surface area (Å²) in [4.78, 5) is 31.5. The maximum atomic E-state index is 13.0. The molecule has 0 saturated carbocycles. The first-order chi connectivity index (χ1) is 17.4. The maximum absolute atomic E-state index is 13.0. The number of rotatable bonds is 6. The molecule has 0 atom stereocenters. The van der Waals surface area contributed by atoms with E-state index < -0.39 is 0 Å². The molecule has 2 heterocycles. The van der Waals surface area contributed by atoms with Crippen molar-refractivity contribution in [1.29, 1.82) is 0 Å². The Balaban J connectivity index is 1.70. The number of hydrogen-bond acceptors (Lipinski definition) is 5. The highest BCUT2D eigenvalue weighted by molar-refractivity contribution is 6.31. The van der Waals surface area contributed by atoms with Gasteiger partial charge < -0.3 is 9.64 Å². The Bertz CT molecular complexity index is 1480. The highest BCUT2D eigenvalue weighted by atomic mass is 35.5. The van der Waals surface area contributed by atoms with Crippen LogP contribution >= 0.6 is 11.6 Å². The lowest BCUT2D eigenvalue weighted by Crippen LogP contribution is -2.21. The standard InChI is InChI=1S/C29H31ClN4O3/c1-18-13-25(22(15-23(18)30)19-9-7-10-20(14-19)28(36)33(5)6)37-17-24-21-11-8-12-31-27(21)34(32-24)26(35)16-29(2,3)4/h7-15H,16-17H2,1-6H3. The Morgan fingerprint density at radius 2 is 1.84 bits per heavy atom. The number of aromatic nitrogens is 3. The van der Waals surface area contributed by atoms with Gasteiger partial charge in [0, 0.05) is 48.2 Å². The average Bonchev–Trinajstić information content (AvgIpc) is 3.22. The second-order valence-corrected chi connectivity index (χ2v) is 10.9. The van der Waals surface area contributed by atoms with Gasteiger partial charge in [0.25, 0.3) is 5.91 Å². The zero-order valence-corrected chi connectivity index (χ0v) is 22.8. The molecular formula is C29H31ClN4O3. The van der Waals surface area contributed by atoms with Crippen molar-refractivity contribution < 1.29 is 14.3 Å². The van der Waals surface area contributed by atoms with Gasteiger partial charge in [-0.15, -0.1) is 0 Å². The topological polar surface area (TPSA) is 77.3 Å². The second-order valence-electron chi connectivity index (χ2n) is 10.5. The molecule has 1 amide bonds. The molecule has 0 radical (unpaired) electrons. The van der Waals surface area contributed by atoms with Gasteiger partial charge in [0.2, 0.25) is 5.91 Å². The summed E-state index contributed by atoms with van der Waals surface area (Å²) in [6.45, 7) is 8.07. The summed E-state index contributed by atoms with van der Waals surface area (Å²) in [6, 6.07) is 14.8. The predicted octanol–water partition coefficient (Wildman–Crippen LogP) is 6.42. The molecule has 0 spiro atoms. The number of carbonyl (C=O) groups excluding carboxylic acids is 2. The molecule has 4 rings (SSSR count). The van der Waals surface area contributed by atoms with Crippen LogP contribution in [0.4, 0.5) is 0 Å². The smallest absolute Gasteiger partial charge is 0.253 e. The number of aryl methyl sites for hydroxylation is 1. The van der Waals surface area contributed by atoms with Gasteiger partial charge in [-0.1, -0.05) is 44.5 Å². The van der Waals surface area contributed by atoms with E-state index in [-0.39, 0.29) is 23.8 Å². The van der Waals surface area contributed by atoms with Crippen LogP contribution in [0.25, 0.3) is 22.2 Å². The van der Waals surface area contributed by atoms with Gasteiger partial charge in [-0.2, -0.15) is 9.78 Å². The fourth-order valence-corrected chi connectivity index (χ4v) is 4.21. The first-order valence-electron chi connectivity index (χ1n) is 12.1. The van der Waals surface area contributed by atoms with Crippen molar-refractivity contribution in [2.24, 2.45) is 5.41 Å². The summed E-state index contributed by atoms with van der Waals surface area (Å²) in [6.07, 6.45) is 1.99. The fraction of sp³-hybridized carbons (Fsp3) is 0.310. The molecule has 4 aromatic rings. The van der Waals surface area contributed by atoms with Crippen LogP contribution in [0.2, 0.25) is 5.02 Å². The normalized spacial score (nSPS) is 11.5. The molecule has 7 nitrogen and oxygen atoms in total. The third kappa shape index (κ3) is 5.83. The Hall–Kier alpha value is -3.71. The van der Waals surface area contributed by atoms with Crippen LogP contribution in [0.5, 0.6) is 5.75 Å². The number of halogens is 1. The van der Waals surface area contributed by atoms with E-state index in [0.717, 1.165) is 22.1 Å². The van der Waals surface area contributed by atoms with Crippen LogP contribution in [-0.2, 0) is 6.61 Å². The lowest BCUT2D eigenvalue weighted by molar-refractivity contribution is 0.0824. The van der Waals surface area contributed by atoms with Crippen LogP contribution in [0.1, 0.15) is 53.6 Å². The van der Waals surface area contributed by atoms with Crippen LogP contribution < -0.4 is 4.74 Å². The molecule has 0 aliphatic carbocycles. The van der Waals surface area contributed by atoms with E-state index in [9.17, 15) is 9.59 Å². The monoisotopic (exact) mass is 518 g/mol. The van der Waals surface area contributed by atoms with Gasteiger partial charge in [0.15, 0.2) is 5.65 Å². The number of nitrogens with zero attached hydrogens (tertiary/aromatic N) is 4. The quantitative estimate of drug-likeness (QED) is 0.294. The predicted molar refractivity (Wildman–Crippen MR) is 146 cm³/mol. The summed E-state index contributed by atoms with van der Waals surface area (Å²) in [5.41, 5.74) is 3.94. The number of fused-ring (bicyclic) bond motifs is 1. The van der Waals surface area contributed by atoms with Gasteiger partial charge >= 0.3 is 0 Å². The van der Waals surface area contributed by atoms with Crippen LogP contribution in [0, 0.1) is 12.3 Å². The van der Waals surface area contributed by atoms with Gasteiger partial charge in [-0.3, -0.25) is 9.59 Å². The fourth-order valence-electron chi connectivity index (χ4n) is 4.05. The maximum Gasteiger partial charge on any atom is 0.253 e. The van der Waals surface area contributed by atoms with Crippen molar-refractivity contribution in [3.05, 3.63) is 76.6 Å². The summed E-state index contributed by atoms with van der Waals surface area (Å²) < 4.78 is 7.67. The Labute approximate surface area is 222 Å². The van der Waals surface area contributed by atoms with Crippen molar-refractivity contribution in [3.63, 3.8) is 0 Å². The third-order valence-electron chi connectivity index (χ3n) is 5.89. The molecule has 37 heavy (non-hydrogen) atoms. The molecule has 2 aromatic heterocycles. The van der Waals surface area contributed by atoms with E-state index >= 15 is 0 Å². The molecule has 0 aliphatic rings. The Kier molecular flexibility index (Phi) is 7.37. The van der Waals surface area contributed by atoms with Crippen molar-refractivity contribution >= 4 is 34.4 Å². The molecule has 0 saturated heterocycles. The number of amides is 1. The number of ether oxygens (including phenoxy) is 1. The zero-order chi connectivity index (χ0) is 26.9.